The number of unbranched alkanes of at least 4 members (excludes halogenated alkanes) is 1. The van der Waals surface area contributed by atoms with Crippen molar-refractivity contribution >= 4 is 21.8 Å². The molecule has 0 radical (unpaired) electrons. The molecule has 0 unspecified atom stereocenters. The fraction of sp³-hybridized carbons (Fsp3) is 0.417. The molecule has 0 bridgehead atoms. The quantitative estimate of drug-likeness (QED) is 0.787. The van der Waals surface area contributed by atoms with E-state index in [0.29, 0.717) is 19.5 Å². The molecule has 0 saturated heterocycles. The highest BCUT2D eigenvalue weighted by atomic mass is 79.9. The first-order valence-corrected chi connectivity index (χ1v) is 6.23. The number of carbonyl (C=O) groups is 1. The van der Waals surface area contributed by atoms with Crippen molar-refractivity contribution in [2.24, 2.45) is 5.73 Å². The number of hydrogen-bond acceptors (Lipinski definition) is 2. The maximum absolute atomic E-state index is 11.4. The van der Waals surface area contributed by atoms with E-state index in [2.05, 4.69) is 21.2 Å². The molecule has 3 nitrogen and oxygen atoms in total. The molecule has 1 aromatic carbocycles. The van der Waals surface area contributed by atoms with Gasteiger partial charge in [0.25, 0.3) is 0 Å². The van der Waals surface area contributed by atoms with E-state index in [0.717, 1.165) is 22.9 Å². The van der Waals surface area contributed by atoms with Crippen LogP contribution in [0.1, 0.15) is 24.8 Å². The van der Waals surface area contributed by atoms with Gasteiger partial charge in [0.1, 0.15) is 0 Å². The van der Waals surface area contributed by atoms with Crippen LogP contribution in [-0.2, 0) is 11.3 Å². The van der Waals surface area contributed by atoms with Crippen LogP contribution in [0.4, 0.5) is 0 Å². The third-order valence-corrected chi connectivity index (χ3v) is 3.07. The average Bonchev–Trinajstić information content (AvgIpc) is 2.28. The summed E-state index contributed by atoms with van der Waals surface area (Å²) >= 11 is 3.44. The predicted molar refractivity (Wildman–Crippen MR) is 68.9 cm³/mol. The molecule has 88 valence electrons. The van der Waals surface area contributed by atoms with Gasteiger partial charge in [0.2, 0.25) is 5.91 Å². The Balaban J connectivity index is 2.29. The summed E-state index contributed by atoms with van der Waals surface area (Å²) in [4.78, 5) is 11.4. The standard InChI is InChI=1S/C12H17BrN2O/c13-11-6-2-1-5-10(11)9-15-12(16)7-3-4-8-14/h1-2,5-6H,3-4,7-9,14H2,(H,15,16). The summed E-state index contributed by atoms with van der Waals surface area (Å²) in [6, 6.07) is 7.87. The van der Waals surface area contributed by atoms with Crippen molar-refractivity contribution in [3.05, 3.63) is 34.3 Å². The Bertz CT molecular complexity index is 342. The molecule has 1 rings (SSSR count). The predicted octanol–water partition coefficient (Wildman–Crippen LogP) is 2.19. The third kappa shape index (κ3) is 4.77. The van der Waals surface area contributed by atoms with Gasteiger partial charge in [-0.3, -0.25) is 4.79 Å². The zero-order valence-electron chi connectivity index (χ0n) is 9.21. The molecule has 0 aliphatic heterocycles. The van der Waals surface area contributed by atoms with Gasteiger partial charge in [-0.1, -0.05) is 34.1 Å². The summed E-state index contributed by atoms with van der Waals surface area (Å²) in [5.41, 5.74) is 6.45. The largest absolute Gasteiger partial charge is 0.352 e. The number of carbonyl (C=O) groups excluding carboxylic acids is 1. The number of nitrogens with one attached hydrogen (secondary N) is 1. The summed E-state index contributed by atoms with van der Waals surface area (Å²) in [6.45, 7) is 1.22. The van der Waals surface area contributed by atoms with E-state index in [1.54, 1.807) is 0 Å². The first-order valence-electron chi connectivity index (χ1n) is 5.44. The number of halogens is 1. The summed E-state index contributed by atoms with van der Waals surface area (Å²) in [5.74, 6) is 0.0872. The second-order valence-electron chi connectivity index (χ2n) is 3.61. The van der Waals surface area contributed by atoms with Gasteiger partial charge >= 0.3 is 0 Å². The molecule has 0 aliphatic rings. The van der Waals surface area contributed by atoms with Crippen molar-refractivity contribution in [2.45, 2.75) is 25.8 Å². The minimum absolute atomic E-state index is 0.0872. The molecule has 1 aromatic rings. The third-order valence-electron chi connectivity index (χ3n) is 2.29. The Hall–Kier alpha value is -0.870. The topological polar surface area (TPSA) is 55.1 Å². The first kappa shape index (κ1) is 13.2. The average molecular weight is 285 g/mol. The fourth-order valence-electron chi connectivity index (χ4n) is 1.35. The van der Waals surface area contributed by atoms with Gasteiger partial charge in [-0.15, -0.1) is 0 Å². The number of nitrogens with two attached hydrogens (primary N) is 1. The van der Waals surface area contributed by atoms with Crippen LogP contribution in [0.5, 0.6) is 0 Å². The maximum Gasteiger partial charge on any atom is 0.220 e. The van der Waals surface area contributed by atoms with Crippen LogP contribution in [0.3, 0.4) is 0 Å². The van der Waals surface area contributed by atoms with Crippen molar-refractivity contribution in [3.63, 3.8) is 0 Å². The molecule has 0 aromatic heterocycles. The molecule has 0 atom stereocenters. The molecule has 0 spiro atoms. The first-order chi connectivity index (χ1) is 7.74. The van der Waals surface area contributed by atoms with Crippen LogP contribution in [0.2, 0.25) is 0 Å². The molecule has 3 N–H and O–H groups in total. The van der Waals surface area contributed by atoms with E-state index in [9.17, 15) is 4.79 Å². The molecule has 0 saturated carbocycles. The van der Waals surface area contributed by atoms with E-state index in [-0.39, 0.29) is 5.91 Å². The van der Waals surface area contributed by atoms with Crippen molar-refractivity contribution < 1.29 is 4.79 Å². The molecule has 0 heterocycles. The number of benzene rings is 1. The molecule has 1 amide bonds. The van der Waals surface area contributed by atoms with Gasteiger partial charge < -0.3 is 11.1 Å². The van der Waals surface area contributed by atoms with Gasteiger partial charge in [-0.2, -0.15) is 0 Å². The zero-order valence-corrected chi connectivity index (χ0v) is 10.8. The number of hydrogen-bond donors (Lipinski definition) is 2. The van der Waals surface area contributed by atoms with Crippen LogP contribution in [0, 0.1) is 0 Å². The van der Waals surface area contributed by atoms with Crippen LogP contribution in [-0.4, -0.2) is 12.5 Å². The zero-order chi connectivity index (χ0) is 11.8. The van der Waals surface area contributed by atoms with E-state index in [4.69, 9.17) is 5.73 Å². The molecular formula is C12H17BrN2O. The summed E-state index contributed by atoms with van der Waals surface area (Å²) < 4.78 is 1.03. The minimum Gasteiger partial charge on any atom is -0.352 e. The second-order valence-corrected chi connectivity index (χ2v) is 4.47. The van der Waals surface area contributed by atoms with Crippen LogP contribution in [0.25, 0.3) is 0 Å². The number of rotatable bonds is 6. The lowest BCUT2D eigenvalue weighted by molar-refractivity contribution is -0.121. The Morgan fingerprint density at radius 3 is 2.75 bits per heavy atom. The van der Waals surface area contributed by atoms with Gasteiger partial charge in [0.15, 0.2) is 0 Å². The van der Waals surface area contributed by atoms with E-state index in [1.165, 1.54) is 0 Å². The monoisotopic (exact) mass is 284 g/mol. The highest BCUT2D eigenvalue weighted by Crippen LogP contribution is 2.15. The van der Waals surface area contributed by atoms with Crippen LogP contribution < -0.4 is 11.1 Å². The van der Waals surface area contributed by atoms with Gasteiger partial charge in [-0.05, 0) is 31.0 Å². The van der Waals surface area contributed by atoms with Crippen molar-refractivity contribution in [3.8, 4) is 0 Å². The molecule has 0 aliphatic carbocycles. The fourth-order valence-corrected chi connectivity index (χ4v) is 1.78. The normalized spacial score (nSPS) is 10.1. The van der Waals surface area contributed by atoms with Crippen molar-refractivity contribution in [2.75, 3.05) is 6.54 Å². The van der Waals surface area contributed by atoms with Crippen LogP contribution >= 0.6 is 15.9 Å². The van der Waals surface area contributed by atoms with Crippen LogP contribution in [0.15, 0.2) is 28.7 Å². The van der Waals surface area contributed by atoms with Gasteiger partial charge in [0, 0.05) is 17.4 Å². The van der Waals surface area contributed by atoms with E-state index >= 15 is 0 Å². The Kier molecular flexibility index (Phi) is 6.11. The van der Waals surface area contributed by atoms with Gasteiger partial charge in [0.05, 0.1) is 0 Å². The molecular weight excluding hydrogens is 268 g/mol. The Labute approximate surface area is 105 Å². The Morgan fingerprint density at radius 1 is 1.31 bits per heavy atom. The maximum atomic E-state index is 11.4. The molecule has 4 heteroatoms. The lowest BCUT2D eigenvalue weighted by Gasteiger charge is -2.06. The van der Waals surface area contributed by atoms with Crippen molar-refractivity contribution in [1.82, 2.24) is 5.32 Å². The van der Waals surface area contributed by atoms with Crippen molar-refractivity contribution in [1.29, 1.82) is 0 Å². The highest BCUT2D eigenvalue weighted by molar-refractivity contribution is 9.10. The second kappa shape index (κ2) is 7.41. The van der Waals surface area contributed by atoms with E-state index in [1.807, 2.05) is 24.3 Å². The SMILES string of the molecule is NCCCCC(=O)NCc1ccccc1Br. The smallest absolute Gasteiger partial charge is 0.220 e. The highest BCUT2D eigenvalue weighted by Gasteiger charge is 2.02. The minimum atomic E-state index is 0.0872. The van der Waals surface area contributed by atoms with E-state index < -0.39 is 0 Å². The molecule has 0 fully saturated rings. The van der Waals surface area contributed by atoms with Gasteiger partial charge in [-0.25, -0.2) is 0 Å². The lowest BCUT2D eigenvalue weighted by atomic mass is 10.2. The summed E-state index contributed by atoms with van der Waals surface area (Å²) in [7, 11) is 0. The summed E-state index contributed by atoms with van der Waals surface area (Å²) in [6.07, 6.45) is 2.32. The molecule has 16 heavy (non-hydrogen) atoms. The summed E-state index contributed by atoms with van der Waals surface area (Å²) in [5, 5.41) is 2.89. The lowest BCUT2D eigenvalue weighted by Crippen LogP contribution is -2.22. The Morgan fingerprint density at radius 2 is 2.06 bits per heavy atom. The number of amides is 1.